The average molecular weight is 237 g/mol. The largest absolute Gasteiger partial charge is 0.360 e. The Morgan fingerprint density at radius 1 is 1.46 bits per heavy atom. The molecular weight excluding hydrogens is 222 g/mol. The molecule has 76 valence electrons. The minimum absolute atomic E-state index is 0.229. The van der Waals surface area contributed by atoms with Gasteiger partial charge in [-0.2, -0.15) is 0 Å². The Kier molecular flexibility index (Phi) is 3.41. The summed E-state index contributed by atoms with van der Waals surface area (Å²) in [5.41, 5.74) is 0.580. The summed E-state index contributed by atoms with van der Waals surface area (Å²) in [6.45, 7) is 2.34. The molecule has 0 aromatic rings. The summed E-state index contributed by atoms with van der Waals surface area (Å²) in [6, 6.07) is 0. The normalized spacial score (nSPS) is 33.2. The van der Waals surface area contributed by atoms with Gasteiger partial charge in [0.25, 0.3) is 0 Å². The van der Waals surface area contributed by atoms with Crippen molar-refractivity contribution in [2.75, 3.05) is 19.3 Å². The van der Waals surface area contributed by atoms with Crippen molar-refractivity contribution in [2.45, 2.75) is 30.3 Å². The van der Waals surface area contributed by atoms with Gasteiger partial charge in [-0.05, 0) is 19.1 Å². The monoisotopic (exact) mass is 237 g/mol. The van der Waals surface area contributed by atoms with Crippen LogP contribution in [0.3, 0.4) is 0 Å². The van der Waals surface area contributed by atoms with Gasteiger partial charge in [-0.1, -0.05) is 22.7 Å². The molecule has 5 heteroatoms. The van der Waals surface area contributed by atoms with Crippen LogP contribution in [-0.2, 0) is 4.74 Å². The summed E-state index contributed by atoms with van der Waals surface area (Å²) in [5.74, 6) is 0. The van der Waals surface area contributed by atoms with E-state index in [0.717, 1.165) is 0 Å². The number of thiol groups is 1. The standard InChI is InChI=1S/C8H15NOS3/c1-12-9-4-2-8(3-5-9)6-7(10-8)13-11/h7,11H,2-6H2,1H3. The minimum Gasteiger partial charge on any atom is -0.360 e. The molecule has 2 saturated heterocycles. The molecule has 1 spiro atoms. The first kappa shape index (κ1) is 10.5. The van der Waals surface area contributed by atoms with E-state index >= 15 is 0 Å². The molecule has 0 radical (unpaired) electrons. The second-order valence-electron chi connectivity index (χ2n) is 3.65. The summed E-state index contributed by atoms with van der Waals surface area (Å²) in [7, 11) is 1.54. The average Bonchev–Trinajstić information content (AvgIpc) is 2.14. The second kappa shape index (κ2) is 4.23. The highest BCUT2D eigenvalue weighted by Gasteiger charge is 2.47. The fourth-order valence-corrected chi connectivity index (χ4v) is 3.56. The number of piperidine rings is 1. The van der Waals surface area contributed by atoms with E-state index in [1.165, 1.54) is 43.1 Å². The van der Waals surface area contributed by atoms with E-state index in [0.29, 0.717) is 5.44 Å². The van der Waals surface area contributed by atoms with Crippen LogP contribution in [0.5, 0.6) is 0 Å². The third-order valence-electron chi connectivity index (χ3n) is 2.93. The van der Waals surface area contributed by atoms with Crippen LogP contribution in [0, 0.1) is 0 Å². The number of nitrogens with zero attached hydrogens (tertiary/aromatic N) is 1. The van der Waals surface area contributed by atoms with Crippen LogP contribution in [0.4, 0.5) is 0 Å². The molecular formula is C8H15NOS3. The maximum absolute atomic E-state index is 5.86. The SMILES string of the molecule is CSN1CCC2(CC1)CC(SS)O2. The van der Waals surface area contributed by atoms with Gasteiger partial charge in [0.15, 0.2) is 0 Å². The van der Waals surface area contributed by atoms with Crippen molar-refractivity contribution in [1.82, 2.24) is 4.31 Å². The summed E-state index contributed by atoms with van der Waals surface area (Å²) < 4.78 is 8.27. The molecule has 2 nitrogen and oxygen atoms in total. The van der Waals surface area contributed by atoms with Gasteiger partial charge < -0.3 is 4.74 Å². The zero-order valence-corrected chi connectivity index (χ0v) is 10.3. The number of hydrogen-bond donors (Lipinski definition) is 1. The third-order valence-corrected chi connectivity index (χ3v) is 5.01. The number of hydrogen-bond acceptors (Lipinski definition) is 5. The Morgan fingerprint density at radius 2 is 2.08 bits per heavy atom. The molecule has 13 heavy (non-hydrogen) atoms. The molecule has 0 amide bonds. The van der Waals surface area contributed by atoms with E-state index in [-0.39, 0.29) is 5.60 Å². The molecule has 0 saturated carbocycles. The maximum Gasteiger partial charge on any atom is 0.116 e. The molecule has 0 aliphatic carbocycles. The molecule has 0 aromatic heterocycles. The molecule has 1 atom stereocenters. The van der Waals surface area contributed by atoms with Crippen molar-refractivity contribution in [3.63, 3.8) is 0 Å². The number of rotatable bonds is 2. The van der Waals surface area contributed by atoms with Crippen molar-refractivity contribution < 1.29 is 4.74 Å². The van der Waals surface area contributed by atoms with Gasteiger partial charge in [0.1, 0.15) is 5.44 Å². The first-order valence-corrected chi connectivity index (χ1v) is 7.66. The molecule has 0 aromatic carbocycles. The molecule has 2 aliphatic heterocycles. The van der Waals surface area contributed by atoms with Crippen molar-refractivity contribution >= 4 is 34.4 Å². The highest BCUT2D eigenvalue weighted by Crippen LogP contribution is 2.46. The molecule has 0 bridgehead atoms. The first-order valence-electron chi connectivity index (χ1n) is 4.55. The van der Waals surface area contributed by atoms with Crippen molar-refractivity contribution in [3.05, 3.63) is 0 Å². The van der Waals surface area contributed by atoms with E-state index in [2.05, 4.69) is 22.2 Å². The van der Waals surface area contributed by atoms with E-state index in [9.17, 15) is 0 Å². The van der Waals surface area contributed by atoms with Gasteiger partial charge in [-0.15, -0.1) is 11.7 Å². The van der Waals surface area contributed by atoms with Gasteiger partial charge in [0.2, 0.25) is 0 Å². The van der Waals surface area contributed by atoms with Crippen LogP contribution >= 0.6 is 34.4 Å². The molecule has 1 unspecified atom stereocenters. The Balaban J connectivity index is 1.79. The fraction of sp³-hybridized carbons (Fsp3) is 1.00. The highest BCUT2D eigenvalue weighted by atomic mass is 33.1. The molecule has 2 rings (SSSR count). The van der Waals surface area contributed by atoms with E-state index < -0.39 is 0 Å². The Hall–Kier alpha value is 0.970. The smallest absolute Gasteiger partial charge is 0.116 e. The summed E-state index contributed by atoms with van der Waals surface area (Å²) in [4.78, 5) is 0. The minimum atomic E-state index is 0.229. The Labute approximate surface area is 93.1 Å². The van der Waals surface area contributed by atoms with Gasteiger partial charge in [0.05, 0.1) is 5.60 Å². The van der Waals surface area contributed by atoms with E-state index in [4.69, 9.17) is 4.74 Å². The lowest BCUT2D eigenvalue weighted by molar-refractivity contribution is -0.183. The lowest BCUT2D eigenvalue weighted by atomic mass is 9.85. The predicted molar refractivity (Wildman–Crippen MR) is 63.1 cm³/mol. The van der Waals surface area contributed by atoms with Crippen LogP contribution in [0.25, 0.3) is 0 Å². The quantitative estimate of drug-likeness (QED) is 0.449. The lowest BCUT2D eigenvalue weighted by Gasteiger charge is -2.50. The van der Waals surface area contributed by atoms with Crippen molar-refractivity contribution in [2.24, 2.45) is 0 Å². The van der Waals surface area contributed by atoms with Crippen molar-refractivity contribution in [1.29, 1.82) is 0 Å². The van der Waals surface area contributed by atoms with Crippen LogP contribution in [0.2, 0.25) is 0 Å². The summed E-state index contributed by atoms with van der Waals surface area (Å²) in [6.07, 6.45) is 5.73. The van der Waals surface area contributed by atoms with Crippen LogP contribution in [0.15, 0.2) is 0 Å². The number of ether oxygens (including phenoxy) is 1. The lowest BCUT2D eigenvalue weighted by Crippen LogP contribution is -2.54. The van der Waals surface area contributed by atoms with Crippen molar-refractivity contribution in [3.8, 4) is 0 Å². The van der Waals surface area contributed by atoms with Crippen LogP contribution in [0.1, 0.15) is 19.3 Å². The fourth-order valence-electron chi connectivity index (χ4n) is 2.03. The van der Waals surface area contributed by atoms with Crippen LogP contribution < -0.4 is 0 Å². The summed E-state index contributed by atoms with van der Waals surface area (Å²) in [5, 5.41) is 0. The van der Waals surface area contributed by atoms with Gasteiger partial charge >= 0.3 is 0 Å². The molecule has 2 aliphatic rings. The van der Waals surface area contributed by atoms with E-state index in [1.807, 2.05) is 11.9 Å². The highest BCUT2D eigenvalue weighted by molar-refractivity contribution is 8.68. The molecule has 0 N–H and O–H groups in total. The van der Waals surface area contributed by atoms with Gasteiger partial charge in [0, 0.05) is 19.5 Å². The Bertz CT molecular complexity index is 174. The molecule has 2 heterocycles. The maximum atomic E-state index is 5.86. The second-order valence-corrected chi connectivity index (χ2v) is 5.90. The molecule has 2 fully saturated rings. The summed E-state index contributed by atoms with van der Waals surface area (Å²) >= 11 is 6.01. The first-order chi connectivity index (χ1) is 6.28. The van der Waals surface area contributed by atoms with Gasteiger partial charge in [-0.25, -0.2) is 0 Å². The zero-order chi connectivity index (χ0) is 9.31. The third kappa shape index (κ3) is 2.15. The Morgan fingerprint density at radius 3 is 2.54 bits per heavy atom. The van der Waals surface area contributed by atoms with Crippen LogP contribution in [-0.4, -0.2) is 34.7 Å². The zero-order valence-electron chi connectivity index (χ0n) is 7.73. The topological polar surface area (TPSA) is 12.5 Å². The van der Waals surface area contributed by atoms with E-state index in [1.54, 1.807) is 0 Å². The predicted octanol–water partition coefficient (Wildman–Crippen LogP) is 2.42. The van der Waals surface area contributed by atoms with Gasteiger partial charge in [-0.3, -0.25) is 4.31 Å².